The first-order valence-electron chi connectivity index (χ1n) is 11.1. The third kappa shape index (κ3) is 5.85. The summed E-state index contributed by atoms with van der Waals surface area (Å²) >= 11 is 12.2. The number of aromatic nitrogens is 2. The van der Waals surface area contributed by atoms with Gasteiger partial charge in [-0.25, -0.2) is 13.8 Å². The largest absolute Gasteiger partial charge is 0.318 e. The van der Waals surface area contributed by atoms with E-state index in [9.17, 15) is 13.2 Å². The number of aryl methyl sites for hydroxylation is 1. The molecule has 37 heavy (non-hydrogen) atoms. The monoisotopic (exact) mass is 555 g/mol. The summed E-state index contributed by atoms with van der Waals surface area (Å²) in [5, 5.41) is 4.97. The summed E-state index contributed by atoms with van der Waals surface area (Å²) < 4.78 is 29.6. The van der Waals surface area contributed by atoms with E-state index in [4.69, 9.17) is 23.2 Å². The second kappa shape index (κ2) is 11.2. The predicted octanol–water partition coefficient (Wildman–Crippen LogP) is 5.14. The van der Waals surface area contributed by atoms with Gasteiger partial charge in [0.25, 0.3) is 15.9 Å². The van der Waals surface area contributed by atoms with Crippen molar-refractivity contribution in [2.45, 2.75) is 18.7 Å². The summed E-state index contributed by atoms with van der Waals surface area (Å²) in [5.74, 6) is -0.613. The van der Waals surface area contributed by atoms with Gasteiger partial charge < -0.3 is 4.57 Å². The summed E-state index contributed by atoms with van der Waals surface area (Å²) in [4.78, 5) is 16.8. The zero-order valence-electron chi connectivity index (χ0n) is 20.0. The first kappa shape index (κ1) is 26.4. The van der Waals surface area contributed by atoms with Crippen LogP contribution in [0.5, 0.6) is 0 Å². The lowest BCUT2D eigenvalue weighted by Gasteiger charge is -2.23. The van der Waals surface area contributed by atoms with Crippen LogP contribution < -0.4 is 9.73 Å². The van der Waals surface area contributed by atoms with Gasteiger partial charge in [0.1, 0.15) is 6.54 Å². The molecule has 4 rings (SSSR count). The van der Waals surface area contributed by atoms with Gasteiger partial charge >= 0.3 is 0 Å². The normalized spacial score (nSPS) is 11.6. The molecule has 0 unspecified atom stereocenters. The fourth-order valence-electron chi connectivity index (χ4n) is 3.82. The summed E-state index contributed by atoms with van der Waals surface area (Å²) in [5.41, 5.74) is 6.09. The Morgan fingerprint density at radius 1 is 1.05 bits per heavy atom. The van der Waals surface area contributed by atoms with Crippen molar-refractivity contribution in [2.75, 3.05) is 10.8 Å². The smallest absolute Gasteiger partial charge is 0.264 e. The van der Waals surface area contributed by atoms with E-state index in [0.29, 0.717) is 10.0 Å². The number of sulfonamides is 1. The maximum absolute atomic E-state index is 13.3. The van der Waals surface area contributed by atoms with Gasteiger partial charge in [-0.1, -0.05) is 41.4 Å². The molecule has 0 saturated carbocycles. The van der Waals surface area contributed by atoms with E-state index >= 15 is 0 Å². The number of nitrogens with one attached hydrogen (secondary N) is 1. The van der Waals surface area contributed by atoms with Crippen molar-refractivity contribution in [3.05, 3.63) is 106 Å². The molecule has 0 radical (unpaired) electrons. The molecular formula is C26H23Cl2N5O3S. The Kier molecular flexibility index (Phi) is 7.97. The van der Waals surface area contributed by atoms with Gasteiger partial charge in [0.05, 0.1) is 33.0 Å². The van der Waals surface area contributed by atoms with E-state index in [1.807, 2.05) is 30.5 Å². The SMILES string of the molecule is Cc1cc(/C=N/NC(=O)CN(c2cccnc2)S(=O)(=O)c2ccccc2)c(C)n1-c1ccc(Cl)c(Cl)c1. The number of carbonyl (C=O) groups excluding carboxylic acids is 1. The molecule has 2 aromatic heterocycles. The average Bonchev–Trinajstić information content (AvgIpc) is 3.17. The molecule has 1 amide bonds. The van der Waals surface area contributed by atoms with E-state index in [2.05, 4.69) is 15.5 Å². The second-order valence-corrected chi connectivity index (χ2v) is 10.8. The Hall–Kier alpha value is -3.66. The molecule has 0 aliphatic carbocycles. The Labute approximate surface area is 225 Å². The third-order valence-electron chi connectivity index (χ3n) is 5.58. The maximum Gasteiger partial charge on any atom is 0.264 e. The molecule has 0 bridgehead atoms. The van der Waals surface area contributed by atoms with Crippen molar-refractivity contribution < 1.29 is 13.2 Å². The minimum absolute atomic E-state index is 0.0601. The van der Waals surface area contributed by atoms with Crippen LogP contribution in [0.15, 0.2) is 89.1 Å². The third-order valence-corrected chi connectivity index (χ3v) is 8.10. The highest BCUT2D eigenvalue weighted by molar-refractivity contribution is 7.92. The van der Waals surface area contributed by atoms with Crippen LogP contribution in [0.3, 0.4) is 0 Å². The molecule has 11 heteroatoms. The Balaban J connectivity index is 1.53. The van der Waals surface area contributed by atoms with E-state index in [-0.39, 0.29) is 10.6 Å². The second-order valence-electron chi connectivity index (χ2n) is 8.09. The summed E-state index contributed by atoms with van der Waals surface area (Å²) in [6.07, 6.45) is 4.42. The van der Waals surface area contributed by atoms with E-state index in [0.717, 1.165) is 26.9 Å². The van der Waals surface area contributed by atoms with Crippen molar-refractivity contribution in [1.82, 2.24) is 15.0 Å². The highest BCUT2D eigenvalue weighted by atomic mass is 35.5. The number of rotatable bonds is 8. The molecule has 0 atom stereocenters. The summed E-state index contributed by atoms with van der Waals surface area (Å²) in [6.45, 7) is 3.36. The minimum Gasteiger partial charge on any atom is -0.318 e. The zero-order valence-corrected chi connectivity index (χ0v) is 22.3. The van der Waals surface area contributed by atoms with Crippen LogP contribution in [0.4, 0.5) is 5.69 Å². The fraction of sp³-hybridized carbons (Fsp3) is 0.115. The van der Waals surface area contributed by atoms with Crippen molar-refractivity contribution in [3.63, 3.8) is 0 Å². The van der Waals surface area contributed by atoms with Gasteiger partial charge in [-0.2, -0.15) is 5.10 Å². The molecule has 1 N–H and O–H groups in total. The lowest BCUT2D eigenvalue weighted by Crippen LogP contribution is -2.39. The number of pyridine rings is 1. The van der Waals surface area contributed by atoms with Crippen LogP contribution in [0, 0.1) is 13.8 Å². The number of amides is 1. The number of hydrogen-bond acceptors (Lipinski definition) is 5. The summed E-state index contributed by atoms with van der Waals surface area (Å²) in [6, 6.07) is 18.3. The molecule has 0 spiro atoms. The van der Waals surface area contributed by atoms with E-state index < -0.39 is 22.5 Å². The van der Waals surface area contributed by atoms with Gasteiger partial charge in [0.15, 0.2) is 0 Å². The van der Waals surface area contributed by atoms with E-state index in [1.54, 1.807) is 42.5 Å². The molecule has 2 aromatic carbocycles. The number of nitrogens with zero attached hydrogens (tertiary/aromatic N) is 4. The molecule has 0 aliphatic heterocycles. The van der Waals surface area contributed by atoms with Crippen LogP contribution in [0.2, 0.25) is 10.0 Å². The van der Waals surface area contributed by atoms with E-state index in [1.165, 1.54) is 30.7 Å². The van der Waals surface area contributed by atoms with Crippen molar-refractivity contribution >= 4 is 51.0 Å². The molecule has 0 saturated heterocycles. The maximum atomic E-state index is 13.3. The Morgan fingerprint density at radius 3 is 2.49 bits per heavy atom. The Bertz CT molecular complexity index is 1560. The standard InChI is InChI=1S/C26H23Cl2N5O3S/c1-18-13-20(19(2)33(18)21-10-11-24(27)25(28)14-21)15-30-31-26(34)17-32(22-7-6-12-29-16-22)37(35,36)23-8-4-3-5-9-23/h3-16H,17H2,1-2H3,(H,31,34)/b30-15+. The quantitative estimate of drug-likeness (QED) is 0.240. The number of carbonyl (C=O) groups is 1. The molecule has 0 aliphatic rings. The number of halogens is 2. The van der Waals surface area contributed by atoms with Gasteiger partial charge in [-0.15, -0.1) is 0 Å². The van der Waals surface area contributed by atoms with Crippen LogP contribution in [-0.2, 0) is 14.8 Å². The number of hydrazone groups is 1. The van der Waals surface area contributed by atoms with Crippen LogP contribution >= 0.6 is 23.2 Å². The van der Waals surface area contributed by atoms with Gasteiger partial charge in [0, 0.05) is 28.8 Å². The van der Waals surface area contributed by atoms with Crippen LogP contribution in [0.1, 0.15) is 17.0 Å². The number of anilines is 1. The topological polar surface area (TPSA) is 96.7 Å². The lowest BCUT2D eigenvalue weighted by molar-refractivity contribution is -0.119. The van der Waals surface area contributed by atoms with Crippen LogP contribution in [-0.4, -0.2) is 36.6 Å². The highest BCUT2D eigenvalue weighted by Gasteiger charge is 2.27. The molecule has 8 nitrogen and oxygen atoms in total. The number of hydrogen-bond donors (Lipinski definition) is 1. The molecule has 4 aromatic rings. The zero-order chi connectivity index (χ0) is 26.6. The molecule has 0 fully saturated rings. The lowest BCUT2D eigenvalue weighted by atomic mass is 10.2. The fourth-order valence-corrected chi connectivity index (χ4v) is 5.54. The first-order valence-corrected chi connectivity index (χ1v) is 13.3. The van der Waals surface area contributed by atoms with Gasteiger partial charge in [0.2, 0.25) is 0 Å². The van der Waals surface area contributed by atoms with Gasteiger partial charge in [-0.3, -0.25) is 14.1 Å². The predicted molar refractivity (Wildman–Crippen MR) is 146 cm³/mol. The summed E-state index contributed by atoms with van der Waals surface area (Å²) in [7, 11) is -4.02. The first-order chi connectivity index (χ1) is 17.7. The molecule has 190 valence electrons. The molecule has 2 heterocycles. The van der Waals surface area contributed by atoms with Crippen LogP contribution in [0.25, 0.3) is 5.69 Å². The van der Waals surface area contributed by atoms with Crippen molar-refractivity contribution in [2.24, 2.45) is 5.10 Å². The highest BCUT2D eigenvalue weighted by Crippen LogP contribution is 2.27. The van der Waals surface area contributed by atoms with Gasteiger partial charge in [-0.05, 0) is 62.4 Å². The molecular weight excluding hydrogens is 533 g/mol. The van der Waals surface area contributed by atoms with Crippen molar-refractivity contribution in [1.29, 1.82) is 0 Å². The van der Waals surface area contributed by atoms with Crippen molar-refractivity contribution in [3.8, 4) is 5.69 Å². The Morgan fingerprint density at radius 2 is 1.81 bits per heavy atom. The number of benzene rings is 2. The minimum atomic E-state index is -4.02. The average molecular weight is 556 g/mol.